The van der Waals surface area contributed by atoms with E-state index >= 15 is 0 Å². The van der Waals surface area contributed by atoms with E-state index in [1.165, 1.54) is 0 Å². The first kappa shape index (κ1) is 14.8. The Hall–Kier alpha value is -2.08. The molecular formula is C16H22N4O2. The fourth-order valence-corrected chi connectivity index (χ4v) is 3.03. The van der Waals surface area contributed by atoms with E-state index in [-0.39, 0.29) is 11.6 Å². The predicted molar refractivity (Wildman–Crippen MR) is 85.9 cm³/mol. The van der Waals surface area contributed by atoms with Gasteiger partial charge in [-0.2, -0.15) is 0 Å². The van der Waals surface area contributed by atoms with Crippen LogP contribution < -0.4 is 11.0 Å². The number of benzene rings is 1. The molecule has 1 saturated heterocycles. The number of likely N-dealkylation sites (N-methyl/N-ethyl adjacent to an activating group) is 1. The molecule has 6 nitrogen and oxygen atoms in total. The van der Waals surface area contributed by atoms with Crippen molar-refractivity contribution in [2.24, 2.45) is 0 Å². The van der Waals surface area contributed by atoms with E-state index in [0.29, 0.717) is 12.5 Å². The second kappa shape index (κ2) is 6.36. The lowest BCUT2D eigenvalue weighted by Gasteiger charge is -2.23. The van der Waals surface area contributed by atoms with Crippen LogP contribution in [-0.4, -0.2) is 47.0 Å². The topological polar surface area (TPSA) is 81.0 Å². The number of aromatic nitrogens is 2. The molecule has 6 heteroatoms. The van der Waals surface area contributed by atoms with Crippen molar-refractivity contribution in [2.75, 3.05) is 20.1 Å². The number of hydrogen-bond donors (Lipinski definition) is 3. The van der Waals surface area contributed by atoms with Gasteiger partial charge in [-0.1, -0.05) is 6.07 Å². The number of rotatable bonds is 5. The van der Waals surface area contributed by atoms with Crippen LogP contribution in [0.4, 0.5) is 0 Å². The molecule has 0 radical (unpaired) electrons. The van der Waals surface area contributed by atoms with Crippen molar-refractivity contribution in [3.8, 4) is 0 Å². The van der Waals surface area contributed by atoms with Gasteiger partial charge in [-0.15, -0.1) is 0 Å². The van der Waals surface area contributed by atoms with Gasteiger partial charge in [0.25, 0.3) is 0 Å². The van der Waals surface area contributed by atoms with Gasteiger partial charge in [-0.3, -0.25) is 4.79 Å². The molecule has 1 aromatic carbocycles. The van der Waals surface area contributed by atoms with Crippen molar-refractivity contribution < 1.29 is 4.79 Å². The average molecular weight is 302 g/mol. The highest BCUT2D eigenvalue weighted by Gasteiger charge is 2.22. The highest BCUT2D eigenvalue weighted by atomic mass is 16.2. The fraction of sp³-hybridized carbons (Fsp3) is 0.500. The number of imidazole rings is 1. The van der Waals surface area contributed by atoms with Gasteiger partial charge in [0.1, 0.15) is 0 Å². The molecule has 22 heavy (non-hydrogen) atoms. The summed E-state index contributed by atoms with van der Waals surface area (Å²) in [7, 11) is 1.90. The monoisotopic (exact) mass is 302 g/mol. The predicted octanol–water partition coefficient (Wildman–Crippen LogP) is 0.999. The number of carbonyl (C=O) groups is 1. The first-order valence-electron chi connectivity index (χ1n) is 7.81. The number of nitrogens with one attached hydrogen (secondary N) is 3. The highest BCUT2D eigenvalue weighted by molar-refractivity contribution is 5.76. The van der Waals surface area contributed by atoms with Crippen LogP contribution in [0.2, 0.25) is 0 Å². The molecule has 0 saturated carbocycles. The molecule has 0 spiro atoms. The minimum atomic E-state index is -0.186. The van der Waals surface area contributed by atoms with Crippen LogP contribution in [-0.2, 0) is 11.2 Å². The average Bonchev–Trinajstić information content (AvgIpc) is 3.14. The van der Waals surface area contributed by atoms with Gasteiger partial charge in [0.15, 0.2) is 0 Å². The molecule has 1 atom stereocenters. The van der Waals surface area contributed by atoms with E-state index in [0.717, 1.165) is 48.9 Å². The van der Waals surface area contributed by atoms with Crippen LogP contribution in [0.25, 0.3) is 11.0 Å². The SMILES string of the molecule is CN(C(=O)CCCc1ccc2[nH]c(=O)[nH]c2c1)C1CCNC1. The number of nitrogens with zero attached hydrogens (tertiary/aromatic N) is 1. The third kappa shape index (κ3) is 3.22. The minimum absolute atomic E-state index is 0.186. The van der Waals surface area contributed by atoms with E-state index in [1.54, 1.807) is 0 Å². The first-order chi connectivity index (χ1) is 10.6. The summed E-state index contributed by atoms with van der Waals surface area (Å²) in [5, 5.41) is 3.28. The Kier molecular flexibility index (Phi) is 4.29. The Labute approximate surface area is 128 Å². The van der Waals surface area contributed by atoms with Crippen LogP contribution in [0.15, 0.2) is 23.0 Å². The van der Waals surface area contributed by atoms with Crippen LogP contribution in [0.3, 0.4) is 0 Å². The van der Waals surface area contributed by atoms with Crippen LogP contribution in [0.5, 0.6) is 0 Å². The van der Waals surface area contributed by atoms with Gasteiger partial charge < -0.3 is 20.2 Å². The van der Waals surface area contributed by atoms with Crippen molar-refractivity contribution in [3.63, 3.8) is 0 Å². The number of amides is 1. The number of hydrogen-bond acceptors (Lipinski definition) is 3. The Balaban J connectivity index is 1.52. The molecule has 2 heterocycles. The van der Waals surface area contributed by atoms with Crippen molar-refractivity contribution in [1.29, 1.82) is 0 Å². The summed E-state index contributed by atoms with van der Waals surface area (Å²) < 4.78 is 0. The summed E-state index contributed by atoms with van der Waals surface area (Å²) in [5.41, 5.74) is 2.59. The van der Waals surface area contributed by atoms with Gasteiger partial charge in [-0.05, 0) is 43.5 Å². The summed E-state index contributed by atoms with van der Waals surface area (Å²) in [6.07, 6.45) is 3.27. The Morgan fingerprint density at radius 2 is 2.14 bits per heavy atom. The van der Waals surface area contributed by atoms with E-state index in [4.69, 9.17) is 0 Å². The van der Waals surface area contributed by atoms with Gasteiger partial charge in [0.05, 0.1) is 11.0 Å². The third-order valence-corrected chi connectivity index (χ3v) is 4.41. The normalized spacial score (nSPS) is 18.0. The number of aromatic amines is 2. The van der Waals surface area contributed by atoms with Crippen molar-refractivity contribution >= 4 is 16.9 Å². The van der Waals surface area contributed by atoms with Gasteiger partial charge in [0, 0.05) is 26.1 Å². The summed E-state index contributed by atoms with van der Waals surface area (Å²) in [5.74, 6) is 0.213. The Morgan fingerprint density at radius 1 is 1.32 bits per heavy atom. The van der Waals surface area contributed by atoms with Crippen LogP contribution >= 0.6 is 0 Å². The molecule has 3 rings (SSSR count). The number of aryl methyl sites for hydroxylation is 1. The third-order valence-electron chi connectivity index (χ3n) is 4.41. The minimum Gasteiger partial charge on any atom is -0.341 e. The molecule has 1 aliphatic rings. The number of H-pyrrole nitrogens is 2. The smallest absolute Gasteiger partial charge is 0.323 e. The number of fused-ring (bicyclic) bond motifs is 1. The molecule has 1 fully saturated rings. The molecule has 0 bridgehead atoms. The second-order valence-electron chi connectivity index (χ2n) is 5.96. The Bertz CT molecular complexity index is 712. The number of carbonyl (C=O) groups excluding carboxylic acids is 1. The van der Waals surface area contributed by atoms with E-state index < -0.39 is 0 Å². The zero-order valence-corrected chi connectivity index (χ0v) is 12.8. The molecule has 118 valence electrons. The standard InChI is InChI=1S/C16H22N4O2/c1-20(12-7-8-17-10-12)15(21)4-2-3-11-5-6-13-14(9-11)19-16(22)18-13/h5-6,9,12,17H,2-4,7-8,10H2,1H3,(H2,18,19,22). The first-order valence-corrected chi connectivity index (χ1v) is 7.81. The molecule has 1 aromatic heterocycles. The summed E-state index contributed by atoms with van der Waals surface area (Å²) in [4.78, 5) is 30.8. The quantitative estimate of drug-likeness (QED) is 0.771. The highest BCUT2D eigenvalue weighted by Crippen LogP contribution is 2.14. The summed E-state index contributed by atoms with van der Waals surface area (Å²) in [6.45, 7) is 1.90. The second-order valence-corrected chi connectivity index (χ2v) is 5.96. The maximum atomic E-state index is 12.2. The zero-order chi connectivity index (χ0) is 15.5. The lowest BCUT2D eigenvalue weighted by molar-refractivity contribution is -0.131. The van der Waals surface area contributed by atoms with Crippen molar-refractivity contribution in [3.05, 3.63) is 34.2 Å². The largest absolute Gasteiger partial charge is 0.341 e. The molecule has 1 unspecified atom stereocenters. The van der Waals surface area contributed by atoms with Crippen LogP contribution in [0.1, 0.15) is 24.8 Å². The van der Waals surface area contributed by atoms with E-state index in [2.05, 4.69) is 15.3 Å². The van der Waals surface area contributed by atoms with E-state index in [1.807, 2.05) is 30.1 Å². The van der Waals surface area contributed by atoms with Crippen molar-refractivity contribution in [2.45, 2.75) is 31.7 Å². The van der Waals surface area contributed by atoms with Crippen molar-refractivity contribution in [1.82, 2.24) is 20.2 Å². The lowest BCUT2D eigenvalue weighted by Crippen LogP contribution is -2.38. The Morgan fingerprint density at radius 3 is 2.91 bits per heavy atom. The van der Waals surface area contributed by atoms with Gasteiger partial charge in [-0.25, -0.2) is 4.79 Å². The maximum absolute atomic E-state index is 12.2. The van der Waals surface area contributed by atoms with Gasteiger partial charge in [0.2, 0.25) is 5.91 Å². The molecule has 2 aromatic rings. The maximum Gasteiger partial charge on any atom is 0.323 e. The molecule has 1 aliphatic heterocycles. The molecular weight excluding hydrogens is 280 g/mol. The molecule has 1 amide bonds. The van der Waals surface area contributed by atoms with Gasteiger partial charge >= 0.3 is 5.69 Å². The molecule has 3 N–H and O–H groups in total. The van der Waals surface area contributed by atoms with Crippen LogP contribution in [0, 0.1) is 0 Å². The molecule has 0 aliphatic carbocycles. The lowest BCUT2D eigenvalue weighted by atomic mass is 10.1. The van der Waals surface area contributed by atoms with E-state index in [9.17, 15) is 9.59 Å². The summed E-state index contributed by atoms with van der Waals surface area (Å²) >= 11 is 0. The fourth-order valence-electron chi connectivity index (χ4n) is 3.03. The summed E-state index contributed by atoms with van der Waals surface area (Å²) in [6, 6.07) is 6.22. The zero-order valence-electron chi connectivity index (χ0n) is 12.8.